The molecule has 1 N–H and O–H groups in total. The summed E-state index contributed by atoms with van der Waals surface area (Å²) in [7, 11) is 0. The highest BCUT2D eigenvalue weighted by molar-refractivity contribution is 6.31. The number of nitrogens with one attached hydrogen (secondary N) is 1. The van der Waals surface area contributed by atoms with Gasteiger partial charge in [0.05, 0.1) is 0 Å². The summed E-state index contributed by atoms with van der Waals surface area (Å²) >= 11 is 5.88. The van der Waals surface area contributed by atoms with Crippen LogP contribution in [0.3, 0.4) is 0 Å². The van der Waals surface area contributed by atoms with Crippen molar-refractivity contribution < 1.29 is 9.18 Å². The van der Waals surface area contributed by atoms with Crippen LogP contribution in [0.5, 0.6) is 0 Å². The maximum atomic E-state index is 13.4. The molecule has 94 valence electrons. The van der Waals surface area contributed by atoms with Crippen molar-refractivity contribution >= 4 is 17.5 Å². The van der Waals surface area contributed by atoms with Gasteiger partial charge in [-0.3, -0.25) is 4.79 Å². The van der Waals surface area contributed by atoms with E-state index in [1.807, 2.05) is 20.8 Å². The van der Waals surface area contributed by atoms with Gasteiger partial charge in [0, 0.05) is 22.5 Å². The molecule has 1 rings (SSSR count). The summed E-state index contributed by atoms with van der Waals surface area (Å²) < 4.78 is 13.4. The standard InChI is InChI=1S/C13H17ClFNO/c1-13(2,3)12(17)16-8-7-9-10(14)5-4-6-11(9)15/h4-6H,7-8H2,1-3H3,(H,16,17). The summed E-state index contributed by atoms with van der Waals surface area (Å²) in [5.41, 5.74) is 0.0160. The highest BCUT2D eigenvalue weighted by Gasteiger charge is 2.20. The minimum Gasteiger partial charge on any atom is -0.355 e. The molecule has 0 radical (unpaired) electrons. The molecule has 0 heterocycles. The Labute approximate surface area is 106 Å². The van der Waals surface area contributed by atoms with Crippen LogP contribution in [-0.4, -0.2) is 12.5 Å². The lowest BCUT2D eigenvalue weighted by molar-refractivity contribution is -0.128. The van der Waals surface area contributed by atoms with Gasteiger partial charge in [0.1, 0.15) is 5.82 Å². The van der Waals surface area contributed by atoms with Crippen molar-refractivity contribution in [2.24, 2.45) is 5.41 Å². The number of benzene rings is 1. The molecule has 0 aliphatic heterocycles. The number of halogens is 2. The molecule has 2 nitrogen and oxygen atoms in total. The molecular weight excluding hydrogens is 241 g/mol. The first-order chi connectivity index (χ1) is 7.82. The van der Waals surface area contributed by atoms with Crippen LogP contribution in [0.1, 0.15) is 26.3 Å². The van der Waals surface area contributed by atoms with Gasteiger partial charge in [-0.2, -0.15) is 0 Å². The molecular formula is C13H17ClFNO. The van der Waals surface area contributed by atoms with Crippen molar-refractivity contribution in [2.45, 2.75) is 27.2 Å². The van der Waals surface area contributed by atoms with Crippen molar-refractivity contribution in [3.05, 3.63) is 34.6 Å². The Hall–Kier alpha value is -1.09. The SMILES string of the molecule is CC(C)(C)C(=O)NCCc1c(F)cccc1Cl. The van der Waals surface area contributed by atoms with E-state index in [0.717, 1.165) is 0 Å². The van der Waals surface area contributed by atoms with E-state index in [-0.39, 0.29) is 11.7 Å². The Morgan fingerprint density at radius 1 is 1.41 bits per heavy atom. The van der Waals surface area contributed by atoms with E-state index in [2.05, 4.69) is 5.32 Å². The molecule has 0 unspecified atom stereocenters. The Kier molecular flexibility index (Phi) is 4.52. The maximum absolute atomic E-state index is 13.4. The molecule has 1 aromatic rings. The lowest BCUT2D eigenvalue weighted by Gasteiger charge is -2.17. The summed E-state index contributed by atoms with van der Waals surface area (Å²) in [4.78, 5) is 11.6. The molecule has 0 bridgehead atoms. The van der Waals surface area contributed by atoms with E-state index in [4.69, 9.17) is 11.6 Å². The van der Waals surface area contributed by atoms with Crippen LogP contribution in [0.4, 0.5) is 4.39 Å². The second-order valence-electron chi connectivity index (χ2n) is 4.96. The molecule has 0 atom stereocenters. The van der Waals surface area contributed by atoms with Crippen molar-refractivity contribution in [2.75, 3.05) is 6.54 Å². The molecule has 0 aromatic heterocycles. The molecule has 0 fully saturated rings. The van der Waals surface area contributed by atoms with Crippen LogP contribution in [0.2, 0.25) is 5.02 Å². The van der Waals surface area contributed by atoms with Crippen LogP contribution in [-0.2, 0) is 11.2 Å². The van der Waals surface area contributed by atoms with Crippen molar-refractivity contribution in [3.63, 3.8) is 0 Å². The molecule has 0 spiro atoms. The highest BCUT2D eigenvalue weighted by Crippen LogP contribution is 2.19. The van der Waals surface area contributed by atoms with Crippen LogP contribution in [0.25, 0.3) is 0 Å². The van der Waals surface area contributed by atoms with Gasteiger partial charge in [0.2, 0.25) is 5.91 Å². The lowest BCUT2D eigenvalue weighted by atomic mass is 9.95. The highest BCUT2D eigenvalue weighted by atomic mass is 35.5. The monoisotopic (exact) mass is 257 g/mol. The Balaban J connectivity index is 2.55. The molecule has 4 heteroatoms. The number of carbonyl (C=O) groups is 1. The average Bonchev–Trinajstić information content (AvgIpc) is 2.20. The largest absolute Gasteiger partial charge is 0.355 e. The van der Waals surface area contributed by atoms with Crippen molar-refractivity contribution in [1.82, 2.24) is 5.32 Å². The summed E-state index contributed by atoms with van der Waals surface area (Å²) in [6.07, 6.45) is 0.396. The van der Waals surface area contributed by atoms with Gasteiger partial charge in [0.25, 0.3) is 0 Å². The predicted molar refractivity (Wildman–Crippen MR) is 67.6 cm³/mol. The van der Waals surface area contributed by atoms with E-state index < -0.39 is 5.41 Å². The van der Waals surface area contributed by atoms with E-state index in [1.54, 1.807) is 12.1 Å². The fourth-order valence-electron chi connectivity index (χ4n) is 1.34. The molecule has 0 saturated carbocycles. The van der Waals surface area contributed by atoms with Gasteiger partial charge in [0.15, 0.2) is 0 Å². The second-order valence-corrected chi connectivity index (χ2v) is 5.36. The number of carbonyl (C=O) groups excluding carboxylic acids is 1. The van der Waals surface area contributed by atoms with Crippen LogP contribution < -0.4 is 5.32 Å². The second kappa shape index (κ2) is 5.50. The third-order valence-corrected chi connectivity index (χ3v) is 2.76. The van der Waals surface area contributed by atoms with E-state index in [9.17, 15) is 9.18 Å². The zero-order valence-electron chi connectivity index (χ0n) is 10.3. The third-order valence-electron chi connectivity index (χ3n) is 2.40. The molecule has 17 heavy (non-hydrogen) atoms. The lowest BCUT2D eigenvalue weighted by Crippen LogP contribution is -2.36. The Morgan fingerprint density at radius 2 is 2.06 bits per heavy atom. The molecule has 1 amide bonds. The van der Waals surface area contributed by atoms with Gasteiger partial charge < -0.3 is 5.32 Å². The molecule has 0 saturated heterocycles. The third kappa shape index (κ3) is 4.00. The van der Waals surface area contributed by atoms with Gasteiger partial charge >= 0.3 is 0 Å². The summed E-state index contributed by atoms with van der Waals surface area (Å²) in [6.45, 7) is 5.88. The first-order valence-corrected chi connectivity index (χ1v) is 5.91. The first-order valence-electron chi connectivity index (χ1n) is 5.53. The van der Waals surface area contributed by atoms with Crippen LogP contribution in [0, 0.1) is 11.2 Å². The fraction of sp³-hybridized carbons (Fsp3) is 0.462. The summed E-state index contributed by atoms with van der Waals surface area (Å²) in [6, 6.07) is 4.58. The number of hydrogen-bond donors (Lipinski definition) is 1. The van der Waals surface area contributed by atoms with Gasteiger partial charge in [-0.1, -0.05) is 38.4 Å². The normalized spacial score (nSPS) is 11.4. The zero-order valence-corrected chi connectivity index (χ0v) is 11.1. The van der Waals surface area contributed by atoms with Crippen LogP contribution >= 0.6 is 11.6 Å². The van der Waals surface area contributed by atoms with Gasteiger partial charge in [-0.05, 0) is 18.6 Å². The van der Waals surface area contributed by atoms with Gasteiger partial charge in [-0.15, -0.1) is 0 Å². The molecule has 0 aliphatic carbocycles. The minimum absolute atomic E-state index is 0.0510. The van der Waals surface area contributed by atoms with E-state index >= 15 is 0 Å². The Bertz CT molecular complexity index is 392. The minimum atomic E-state index is -0.432. The van der Waals surface area contributed by atoms with E-state index in [1.165, 1.54) is 6.07 Å². The molecule has 0 aliphatic rings. The quantitative estimate of drug-likeness (QED) is 0.885. The van der Waals surface area contributed by atoms with Crippen LogP contribution in [0.15, 0.2) is 18.2 Å². The first kappa shape index (κ1) is 14.0. The topological polar surface area (TPSA) is 29.1 Å². The molecule has 1 aromatic carbocycles. The van der Waals surface area contributed by atoms with Crippen molar-refractivity contribution in [3.8, 4) is 0 Å². The Morgan fingerprint density at radius 3 is 2.59 bits per heavy atom. The average molecular weight is 258 g/mol. The number of amides is 1. The predicted octanol–water partition coefficient (Wildman–Crippen LogP) is 3.18. The van der Waals surface area contributed by atoms with E-state index in [0.29, 0.717) is 23.6 Å². The van der Waals surface area contributed by atoms with Gasteiger partial charge in [-0.25, -0.2) is 4.39 Å². The number of hydrogen-bond acceptors (Lipinski definition) is 1. The van der Waals surface area contributed by atoms with Crippen molar-refractivity contribution in [1.29, 1.82) is 0 Å². The summed E-state index contributed by atoms with van der Waals surface area (Å²) in [5.74, 6) is -0.382. The summed E-state index contributed by atoms with van der Waals surface area (Å²) in [5, 5.41) is 3.16. The smallest absolute Gasteiger partial charge is 0.225 e. The maximum Gasteiger partial charge on any atom is 0.225 e. The fourth-order valence-corrected chi connectivity index (χ4v) is 1.59. The zero-order chi connectivity index (χ0) is 13.1. The number of rotatable bonds is 3.